The number of carbonyl (C=O) groups is 1. The highest BCUT2D eigenvalue weighted by atomic mass is 32.1. The van der Waals surface area contributed by atoms with Gasteiger partial charge < -0.3 is 15.2 Å². The van der Waals surface area contributed by atoms with Crippen LogP contribution in [0.5, 0.6) is 0 Å². The Labute approximate surface area is 272 Å². The predicted molar refractivity (Wildman–Crippen MR) is 180 cm³/mol. The van der Waals surface area contributed by atoms with Crippen LogP contribution in [0, 0.1) is 11.3 Å². The van der Waals surface area contributed by atoms with E-state index in [9.17, 15) is 9.59 Å². The van der Waals surface area contributed by atoms with Gasteiger partial charge in [-0.2, -0.15) is 5.21 Å². The minimum atomic E-state index is -0.180. The second kappa shape index (κ2) is 12.5. The largest absolute Gasteiger partial charge is 0.344 e. The number of hydrogen-bond donors (Lipinski definition) is 3. The Kier molecular flexibility index (Phi) is 8.29. The highest BCUT2D eigenvalue weighted by molar-refractivity contribution is 7.20. The van der Waals surface area contributed by atoms with E-state index in [2.05, 4.69) is 74.8 Å². The fourth-order valence-corrected chi connectivity index (χ4v) is 7.86. The summed E-state index contributed by atoms with van der Waals surface area (Å²) in [6, 6.07) is 15.7. The van der Waals surface area contributed by atoms with Crippen LogP contribution >= 0.6 is 11.3 Å². The van der Waals surface area contributed by atoms with E-state index in [0.29, 0.717) is 10.8 Å². The Morgan fingerprint density at radius 1 is 1.11 bits per heavy atom. The Bertz CT molecular complexity index is 1870. The van der Waals surface area contributed by atoms with Crippen molar-refractivity contribution in [2.24, 2.45) is 11.3 Å². The van der Waals surface area contributed by atoms with Gasteiger partial charge in [0.25, 0.3) is 5.91 Å². The zero-order valence-electron chi connectivity index (χ0n) is 26.5. The number of aromatic nitrogens is 6. The summed E-state index contributed by atoms with van der Waals surface area (Å²) in [5.74, 6) is 1.59. The number of nitrogens with one attached hydrogen (secondary N) is 3. The van der Waals surface area contributed by atoms with Crippen molar-refractivity contribution in [1.29, 1.82) is 0 Å². The van der Waals surface area contributed by atoms with E-state index in [1.807, 2.05) is 24.3 Å². The van der Waals surface area contributed by atoms with Gasteiger partial charge >= 0.3 is 0 Å². The van der Waals surface area contributed by atoms with Gasteiger partial charge in [0.1, 0.15) is 4.83 Å². The van der Waals surface area contributed by atoms with Crippen molar-refractivity contribution in [2.75, 3.05) is 19.6 Å². The van der Waals surface area contributed by atoms with E-state index in [1.54, 1.807) is 6.20 Å². The van der Waals surface area contributed by atoms with Gasteiger partial charge in [-0.15, -0.1) is 21.5 Å². The van der Waals surface area contributed by atoms with Gasteiger partial charge in [-0.25, -0.2) is 4.98 Å². The number of amides is 1. The summed E-state index contributed by atoms with van der Waals surface area (Å²) >= 11 is 1.48. The molecule has 3 N–H and O–H groups in total. The fourth-order valence-electron chi connectivity index (χ4n) is 6.92. The van der Waals surface area contributed by atoms with Gasteiger partial charge in [0.15, 0.2) is 5.82 Å². The quantitative estimate of drug-likeness (QED) is 0.200. The number of thiophene rings is 1. The molecule has 1 saturated heterocycles. The van der Waals surface area contributed by atoms with Gasteiger partial charge in [-0.3, -0.25) is 9.59 Å². The number of rotatable bonds is 8. The minimum Gasteiger partial charge on any atom is -0.344 e. The normalized spacial score (nSPS) is 19.3. The van der Waals surface area contributed by atoms with E-state index >= 15 is 0 Å². The molecule has 1 amide bonds. The number of tetrazole rings is 1. The lowest BCUT2D eigenvalue weighted by Crippen LogP contribution is -2.32. The number of fused-ring (bicyclic) bond motifs is 2. The number of likely N-dealkylation sites (tertiary alicyclic amines) is 1. The number of nitrogens with zero attached hydrogens (tertiary/aromatic N) is 5. The van der Waals surface area contributed by atoms with Crippen LogP contribution in [0.3, 0.4) is 0 Å². The van der Waals surface area contributed by atoms with Crippen LogP contribution in [-0.4, -0.2) is 61.0 Å². The summed E-state index contributed by atoms with van der Waals surface area (Å²) in [6.45, 7) is 9.63. The van der Waals surface area contributed by atoms with Crippen LogP contribution in [0.15, 0.2) is 59.5 Å². The number of H-pyrrole nitrogens is 2. The van der Waals surface area contributed by atoms with Crippen molar-refractivity contribution < 1.29 is 4.79 Å². The first-order chi connectivity index (χ1) is 22.2. The van der Waals surface area contributed by atoms with E-state index in [1.165, 1.54) is 28.7 Å². The maximum absolute atomic E-state index is 13.8. The topological polar surface area (TPSA) is 133 Å². The molecule has 0 radical (unpaired) electrons. The highest BCUT2D eigenvalue weighted by Crippen LogP contribution is 2.38. The first-order valence-electron chi connectivity index (χ1n) is 16.2. The lowest BCUT2D eigenvalue weighted by Gasteiger charge is -2.34. The number of aromatic amines is 2. The molecule has 0 saturated carbocycles. The maximum Gasteiger partial charge on any atom is 0.261 e. The molecule has 1 unspecified atom stereocenters. The average Bonchev–Trinajstić information content (AvgIpc) is 3.83. The molecule has 1 fully saturated rings. The van der Waals surface area contributed by atoms with E-state index in [0.717, 1.165) is 84.5 Å². The van der Waals surface area contributed by atoms with Gasteiger partial charge in [0, 0.05) is 42.4 Å². The summed E-state index contributed by atoms with van der Waals surface area (Å²) in [5.41, 5.74) is 5.63. The number of hydrogen-bond acceptors (Lipinski definition) is 8. The lowest BCUT2D eigenvalue weighted by molar-refractivity contribution is 0.0936. The predicted octanol–water partition coefficient (Wildman–Crippen LogP) is 5.67. The third kappa shape index (κ3) is 6.52. The van der Waals surface area contributed by atoms with Gasteiger partial charge in [0.05, 0.1) is 10.9 Å². The molecule has 0 bridgehead atoms. The molecule has 0 spiro atoms. The van der Waals surface area contributed by atoms with Crippen molar-refractivity contribution in [2.45, 2.75) is 64.8 Å². The summed E-state index contributed by atoms with van der Waals surface area (Å²) < 4.78 is 0. The van der Waals surface area contributed by atoms with Crippen LogP contribution in [0.4, 0.5) is 0 Å². The van der Waals surface area contributed by atoms with E-state index in [4.69, 9.17) is 4.98 Å². The SMILES string of the molecule is CC(C)(C)[C@H]1CCc2nc3sc(C(=O)N[C@H](CCN4CCC(c5nn[nH]n5)C4)c4ccc(-c5ccc(=O)[nH]c5)cc4)cc3cc2C1. The fraction of sp³-hybridized carbons (Fsp3) is 0.429. The van der Waals surface area contributed by atoms with Crippen LogP contribution in [0.25, 0.3) is 21.3 Å². The van der Waals surface area contributed by atoms with Crippen molar-refractivity contribution in [3.63, 3.8) is 0 Å². The number of pyridine rings is 2. The van der Waals surface area contributed by atoms with Gasteiger partial charge in [0.2, 0.25) is 5.56 Å². The van der Waals surface area contributed by atoms with Gasteiger partial charge in [-0.1, -0.05) is 50.3 Å². The molecule has 7 rings (SSSR count). The Morgan fingerprint density at radius 2 is 1.93 bits per heavy atom. The Balaban J connectivity index is 1.10. The van der Waals surface area contributed by atoms with E-state index < -0.39 is 0 Å². The molecule has 238 valence electrons. The smallest absolute Gasteiger partial charge is 0.261 e. The molecule has 3 atom stereocenters. The molecule has 1 aliphatic heterocycles. The molecule has 1 aliphatic carbocycles. The van der Waals surface area contributed by atoms with Gasteiger partial charge in [-0.05, 0) is 90.4 Å². The lowest BCUT2D eigenvalue weighted by atomic mass is 9.71. The van der Waals surface area contributed by atoms with E-state index in [-0.39, 0.29) is 28.8 Å². The number of carbonyl (C=O) groups excluding carboxylic acids is 1. The van der Waals surface area contributed by atoms with Crippen LogP contribution < -0.4 is 10.9 Å². The Morgan fingerprint density at radius 3 is 2.67 bits per heavy atom. The maximum atomic E-state index is 13.8. The van der Waals surface area contributed by atoms with Crippen molar-refractivity contribution in [1.82, 2.24) is 40.8 Å². The summed E-state index contributed by atoms with van der Waals surface area (Å²) in [5, 5.41) is 19.1. The zero-order chi connectivity index (χ0) is 31.8. The monoisotopic (exact) mass is 636 g/mol. The average molecular weight is 637 g/mol. The molecule has 2 aliphatic rings. The highest BCUT2D eigenvalue weighted by Gasteiger charge is 2.30. The molecular formula is C35H40N8O2S. The molecule has 5 aromatic rings. The summed E-state index contributed by atoms with van der Waals surface area (Å²) in [7, 11) is 0. The standard InChI is InChI=1S/C35H40N8O2S/c1-35(2,3)27-9-10-28-25(17-27)16-26-18-30(46-34(26)38-28)33(45)37-29(13-15-43-14-12-24(20-43)32-39-41-42-40-32)22-6-4-21(5-7-22)23-8-11-31(44)36-19-23/h4-8,11,16,18-19,24,27,29H,9-10,12-15,17,20H2,1-3H3,(H,36,44)(H,37,45)(H,39,40,41,42)/t24?,27-,29+/m0/s1. The van der Waals surface area contributed by atoms with Crippen LogP contribution in [0.1, 0.15) is 84.3 Å². The molecular weight excluding hydrogens is 597 g/mol. The van der Waals surface area contributed by atoms with Crippen molar-refractivity contribution >= 4 is 27.5 Å². The first-order valence-corrected chi connectivity index (χ1v) is 17.0. The molecule has 5 heterocycles. The molecule has 10 nitrogen and oxygen atoms in total. The van der Waals surface area contributed by atoms with Crippen LogP contribution in [-0.2, 0) is 12.8 Å². The van der Waals surface area contributed by atoms with Crippen molar-refractivity contribution in [3.8, 4) is 11.1 Å². The Hall–Kier alpha value is -4.22. The number of benzene rings is 1. The zero-order valence-corrected chi connectivity index (χ0v) is 27.4. The minimum absolute atomic E-state index is 0.0747. The second-order valence-electron chi connectivity index (χ2n) is 13.8. The van der Waals surface area contributed by atoms with Crippen LogP contribution in [0.2, 0.25) is 0 Å². The number of aryl methyl sites for hydroxylation is 1. The summed E-state index contributed by atoms with van der Waals surface area (Å²) in [6.07, 6.45) is 6.66. The molecule has 46 heavy (non-hydrogen) atoms. The van der Waals surface area contributed by atoms with Crippen molar-refractivity contribution in [3.05, 3.63) is 92.6 Å². The first kappa shape index (κ1) is 30.4. The third-order valence-corrected chi connectivity index (χ3v) is 10.8. The second-order valence-corrected chi connectivity index (χ2v) is 14.9. The third-order valence-electron chi connectivity index (χ3n) is 9.79. The molecule has 11 heteroatoms. The molecule has 1 aromatic carbocycles. The molecule has 4 aromatic heterocycles. The summed E-state index contributed by atoms with van der Waals surface area (Å²) in [4.78, 5) is 37.2.